The van der Waals surface area contributed by atoms with Crippen LogP contribution in [-0.2, 0) is 0 Å². The molecule has 6 heteroatoms. The molecular weight excluding hydrogens is 269 g/mol. The van der Waals surface area contributed by atoms with E-state index in [0.29, 0.717) is 12.1 Å². The maximum absolute atomic E-state index is 12.0. The number of nitrogens with one attached hydrogen (secondary N) is 1. The summed E-state index contributed by atoms with van der Waals surface area (Å²) in [4.78, 5) is 0. The normalized spacial score (nSPS) is 23.4. The zero-order chi connectivity index (χ0) is 14.6. The summed E-state index contributed by atoms with van der Waals surface area (Å²) in [6.45, 7) is -1.26. The molecule has 1 aliphatic rings. The molecule has 0 unspecified atom stereocenters. The first-order chi connectivity index (χ1) is 9.42. The molecule has 1 saturated carbocycles. The van der Waals surface area contributed by atoms with Gasteiger partial charge in [-0.25, -0.2) is 0 Å². The van der Waals surface area contributed by atoms with Gasteiger partial charge in [0.2, 0.25) is 0 Å². The summed E-state index contributed by atoms with van der Waals surface area (Å²) in [5, 5.41) is 3.37. The van der Waals surface area contributed by atoms with Gasteiger partial charge >= 0.3 is 6.18 Å². The highest BCUT2D eigenvalue weighted by Gasteiger charge is 2.28. The van der Waals surface area contributed by atoms with Crippen molar-refractivity contribution in [2.24, 2.45) is 5.73 Å². The second-order valence-electron chi connectivity index (χ2n) is 5.18. The Kier molecular flexibility index (Phi) is 4.75. The maximum atomic E-state index is 12.0. The molecule has 0 radical (unpaired) electrons. The van der Waals surface area contributed by atoms with Gasteiger partial charge in [0.1, 0.15) is 5.75 Å². The molecular formula is C14H19F3N2O. The van der Waals surface area contributed by atoms with E-state index >= 15 is 0 Å². The van der Waals surface area contributed by atoms with E-state index in [4.69, 9.17) is 5.73 Å². The van der Waals surface area contributed by atoms with Crippen molar-refractivity contribution in [1.29, 1.82) is 0 Å². The Hall–Kier alpha value is -1.43. The maximum Gasteiger partial charge on any atom is 0.422 e. The summed E-state index contributed by atoms with van der Waals surface area (Å²) in [6, 6.07) is 7.24. The predicted molar refractivity (Wildman–Crippen MR) is 71.8 cm³/mol. The summed E-state index contributed by atoms with van der Waals surface area (Å²) in [6.07, 6.45) is -0.256. The highest BCUT2D eigenvalue weighted by atomic mass is 19.4. The number of anilines is 1. The molecule has 112 valence electrons. The highest BCUT2D eigenvalue weighted by Crippen LogP contribution is 2.23. The SMILES string of the molecule is NC1CCC(Nc2ccc(OCC(F)(F)F)cc2)CC1. The number of alkyl halides is 3. The third kappa shape index (κ3) is 4.92. The molecule has 2 rings (SSSR count). The van der Waals surface area contributed by atoms with Crippen LogP contribution < -0.4 is 15.8 Å². The zero-order valence-corrected chi connectivity index (χ0v) is 11.1. The molecule has 0 saturated heterocycles. The van der Waals surface area contributed by atoms with Crippen molar-refractivity contribution in [3.05, 3.63) is 24.3 Å². The molecule has 0 spiro atoms. The first-order valence-corrected chi connectivity index (χ1v) is 6.74. The first-order valence-electron chi connectivity index (χ1n) is 6.74. The van der Waals surface area contributed by atoms with Gasteiger partial charge in [-0.1, -0.05) is 0 Å². The van der Waals surface area contributed by atoms with Crippen molar-refractivity contribution in [3.8, 4) is 5.75 Å². The van der Waals surface area contributed by atoms with Gasteiger partial charge in [0.25, 0.3) is 0 Å². The number of nitrogens with two attached hydrogens (primary N) is 1. The summed E-state index contributed by atoms with van der Waals surface area (Å²) in [7, 11) is 0. The average molecular weight is 288 g/mol. The molecule has 1 fully saturated rings. The molecule has 1 aliphatic carbocycles. The van der Waals surface area contributed by atoms with E-state index in [2.05, 4.69) is 10.1 Å². The highest BCUT2D eigenvalue weighted by molar-refractivity contribution is 5.47. The van der Waals surface area contributed by atoms with Crippen molar-refractivity contribution in [2.75, 3.05) is 11.9 Å². The average Bonchev–Trinajstić information content (AvgIpc) is 2.40. The Morgan fingerprint density at radius 1 is 1.10 bits per heavy atom. The molecule has 20 heavy (non-hydrogen) atoms. The van der Waals surface area contributed by atoms with Crippen molar-refractivity contribution in [3.63, 3.8) is 0 Å². The standard InChI is InChI=1S/C14H19F3N2O/c15-14(16,17)9-20-13-7-5-12(6-8-13)19-11-3-1-10(18)2-4-11/h5-8,10-11,19H,1-4,9,18H2. The van der Waals surface area contributed by atoms with Gasteiger partial charge in [-0.15, -0.1) is 0 Å². The predicted octanol–water partition coefficient (Wildman–Crippen LogP) is 3.31. The van der Waals surface area contributed by atoms with E-state index in [-0.39, 0.29) is 5.75 Å². The van der Waals surface area contributed by atoms with E-state index in [1.807, 2.05) is 0 Å². The minimum absolute atomic E-state index is 0.221. The van der Waals surface area contributed by atoms with Gasteiger partial charge in [0.15, 0.2) is 6.61 Å². The molecule has 0 amide bonds. The van der Waals surface area contributed by atoms with Gasteiger partial charge in [-0.05, 0) is 49.9 Å². The summed E-state index contributed by atoms with van der Waals surface area (Å²) in [5.41, 5.74) is 6.74. The Bertz CT molecular complexity index is 411. The van der Waals surface area contributed by atoms with Crippen LogP contribution in [-0.4, -0.2) is 24.9 Å². The lowest BCUT2D eigenvalue weighted by molar-refractivity contribution is -0.153. The lowest BCUT2D eigenvalue weighted by atomic mass is 9.92. The molecule has 1 aromatic carbocycles. The Morgan fingerprint density at radius 2 is 1.70 bits per heavy atom. The van der Waals surface area contributed by atoms with E-state index in [1.165, 1.54) is 0 Å². The fraction of sp³-hybridized carbons (Fsp3) is 0.571. The summed E-state index contributed by atoms with van der Waals surface area (Å²) < 4.78 is 40.7. The largest absolute Gasteiger partial charge is 0.484 e. The van der Waals surface area contributed by atoms with Gasteiger partial charge in [0.05, 0.1) is 0 Å². The molecule has 0 bridgehead atoms. The van der Waals surface area contributed by atoms with Gasteiger partial charge < -0.3 is 15.8 Å². The fourth-order valence-corrected chi connectivity index (χ4v) is 2.31. The number of hydrogen-bond acceptors (Lipinski definition) is 3. The monoisotopic (exact) mass is 288 g/mol. The lowest BCUT2D eigenvalue weighted by Crippen LogP contribution is -2.32. The van der Waals surface area contributed by atoms with Crippen molar-refractivity contribution in [2.45, 2.75) is 43.9 Å². The minimum Gasteiger partial charge on any atom is -0.484 e. The van der Waals surface area contributed by atoms with Crippen molar-refractivity contribution >= 4 is 5.69 Å². The summed E-state index contributed by atoms with van der Waals surface area (Å²) >= 11 is 0. The third-order valence-corrected chi connectivity index (χ3v) is 3.40. The second-order valence-corrected chi connectivity index (χ2v) is 5.18. The van der Waals surface area contributed by atoms with Crippen LogP contribution >= 0.6 is 0 Å². The Labute approximate surface area is 116 Å². The van der Waals surface area contributed by atoms with Crippen molar-refractivity contribution < 1.29 is 17.9 Å². The number of halogens is 3. The Balaban J connectivity index is 1.82. The zero-order valence-electron chi connectivity index (χ0n) is 11.1. The molecule has 0 aromatic heterocycles. The van der Waals surface area contributed by atoms with Crippen LogP contribution in [0.5, 0.6) is 5.75 Å². The van der Waals surface area contributed by atoms with Gasteiger partial charge in [0, 0.05) is 17.8 Å². The van der Waals surface area contributed by atoms with E-state index in [1.54, 1.807) is 24.3 Å². The van der Waals surface area contributed by atoms with Crippen molar-refractivity contribution in [1.82, 2.24) is 0 Å². The fourth-order valence-electron chi connectivity index (χ4n) is 2.31. The van der Waals surface area contributed by atoms with Crippen LogP contribution in [0, 0.1) is 0 Å². The molecule has 3 nitrogen and oxygen atoms in total. The third-order valence-electron chi connectivity index (χ3n) is 3.40. The number of rotatable bonds is 4. The molecule has 0 aliphatic heterocycles. The van der Waals surface area contributed by atoms with E-state index in [0.717, 1.165) is 31.4 Å². The summed E-state index contributed by atoms with van der Waals surface area (Å²) in [5.74, 6) is 0.221. The quantitative estimate of drug-likeness (QED) is 0.893. The number of benzene rings is 1. The van der Waals surface area contributed by atoms with Gasteiger partial charge in [-0.2, -0.15) is 13.2 Å². The topological polar surface area (TPSA) is 47.3 Å². The number of hydrogen-bond donors (Lipinski definition) is 2. The second kappa shape index (κ2) is 6.35. The number of ether oxygens (including phenoxy) is 1. The van der Waals surface area contributed by atoms with E-state index < -0.39 is 12.8 Å². The smallest absolute Gasteiger partial charge is 0.422 e. The molecule has 1 aromatic rings. The first kappa shape index (κ1) is 15.0. The molecule has 0 heterocycles. The van der Waals surface area contributed by atoms with E-state index in [9.17, 15) is 13.2 Å². The molecule has 3 N–H and O–H groups in total. The lowest BCUT2D eigenvalue weighted by Gasteiger charge is -2.27. The van der Waals surface area contributed by atoms with Gasteiger partial charge in [-0.3, -0.25) is 0 Å². The Morgan fingerprint density at radius 3 is 2.25 bits per heavy atom. The van der Waals surface area contributed by atoms with Crippen LogP contribution in [0.1, 0.15) is 25.7 Å². The van der Waals surface area contributed by atoms with Crippen LogP contribution in [0.4, 0.5) is 18.9 Å². The molecule has 0 atom stereocenters. The van der Waals surface area contributed by atoms with Crippen LogP contribution in [0.25, 0.3) is 0 Å². The van der Waals surface area contributed by atoms with Crippen LogP contribution in [0.15, 0.2) is 24.3 Å². The minimum atomic E-state index is -4.31. The van der Waals surface area contributed by atoms with Crippen LogP contribution in [0.3, 0.4) is 0 Å². The van der Waals surface area contributed by atoms with Crippen LogP contribution in [0.2, 0.25) is 0 Å².